The maximum atomic E-state index is 14.8. The van der Waals surface area contributed by atoms with Crippen LogP contribution in [0.3, 0.4) is 0 Å². The van der Waals surface area contributed by atoms with Gasteiger partial charge in [0.2, 0.25) is 11.7 Å². The lowest BCUT2D eigenvalue weighted by Crippen LogP contribution is -2.46. The third kappa shape index (κ3) is 4.52. The van der Waals surface area contributed by atoms with Crippen LogP contribution in [0.5, 0.6) is 0 Å². The number of hydrogen-bond donors (Lipinski definition) is 1. The van der Waals surface area contributed by atoms with Crippen LogP contribution in [0.15, 0.2) is 35.0 Å². The lowest BCUT2D eigenvalue weighted by atomic mass is 9.80. The van der Waals surface area contributed by atoms with Gasteiger partial charge in [0.25, 0.3) is 0 Å². The Kier molecular flexibility index (Phi) is 5.73. The van der Waals surface area contributed by atoms with Gasteiger partial charge >= 0.3 is 6.09 Å². The van der Waals surface area contributed by atoms with E-state index in [1.165, 1.54) is 0 Å². The highest BCUT2D eigenvalue weighted by Crippen LogP contribution is 2.36. The first-order valence-electron chi connectivity index (χ1n) is 11.4. The number of halogens is 3. The summed E-state index contributed by atoms with van der Waals surface area (Å²) in [5.74, 6) is -3.19. The number of imidazole rings is 1. The molecule has 4 aromatic rings. The number of ether oxygens (including phenoxy) is 1. The van der Waals surface area contributed by atoms with Gasteiger partial charge in [0.1, 0.15) is 17.1 Å². The minimum absolute atomic E-state index is 0.0411. The van der Waals surface area contributed by atoms with E-state index in [-0.39, 0.29) is 18.4 Å². The maximum absolute atomic E-state index is 14.8. The van der Waals surface area contributed by atoms with Crippen LogP contribution < -0.4 is 5.32 Å². The summed E-state index contributed by atoms with van der Waals surface area (Å²) < 4.78 is 54.9. The van der Waals surface area contributed by atoms with Gasteiger partial charge in [0.05, 0.1) is 5.69 Å². The Morgan fingerprint density at radius 1 is 1.11 bits per heavy atom. The number of carbonyl (C=O) groups excluding carboxylic acids is 1. The number of alkyl carbamates (subject to hydrolysis) is 1. The molecule has 0 radical (unpaired) electrons. The Morgan fingerprint density at radius 3 is 2.56 bits per heavy atom. The molecule has 1 amide bonds. The minimum Gasteiger partial charge on any atom is -0.444 e. The van der Waals surface area contributed by atoms with Crippen molar-refractivity contribution in [1.82, 2.24) is 24.8 Å². The van der Waals surface area contributed by atoms with Gasteiger partial charge in [-0.3, -0.25) is 0 Å². The number of aromatic nitrogens is 4. The summed E-state index contributed by atoms with van der Waals surface area (Å²) in [6.45, 7) is 6.88. The van der Waals surface area contributed by atoms with Gasteiger partial charge in [0, 0.05) is 55.2 Å². The molecule has 1 N–H and O–H groups in total. The average molecular weight is 499 g/mol. The predicted molar refractivity (Wildman–Crippen MR) is 123 cm³/mol. The fraction of sp³-hybridized carbons (Fsp3) is 0.360. The van der Waals surface area contributed by atoms with Crippen molar-refractivity contribution in [3.05, 3.63) is 70.8 Å². The van der Waals surface area contributed by atoms with Gasteiger partial charge in [-0.05, 0) is 44.5 Å². The Morgan fingerprint density at radius 2 is 1.86 bits per heavy atom. The standard InChI is InChI=1S/C25H24F3N5O3/c1-12-29-23(32-36-12)13-5-6-33-21-11-19(31-24(34)35-25(2,3)4)15(9-20(21)30-22(33)7-13)14-8-17(27)18(28)10-16(14)26/h5-8,10,15,19H,9,11H2,1-4H3,(H,31,34)/t15-,19+/m1/s1. The summed E-state index contributed by atoms with van der Waals surface area (Å²) in [6.07, 6.45) is 1.58. The van der Waals surface area contributed by atoms with Crippen molar-refractivity contribution in [3.63, 3.8) is 0 Å². The highest BCUT2D eigenvalue weighted by molar-refractivity contribution is 5.68. The molecular weight excluding hydrogens is 475 g/mol. The molecule has 0 saturated heterocycles. The van der Waals surface area contributed by atoms with Crippen molar-refractivity contribution in [2.75, 3.05) is 0 Å². The largest absolute Gasteiger partial charge is 0.444 e. The van der Waals surface area contributed by atoms with Crippen LogP contribution in [0.2, 0.25) is 0 Å². The smallest absolute Gasteiger partial charge is 0.407 e. The lowest BCUT2D eigenvalue weighted by Gasteiger charge is -2.33. The van der Waals surface area contributed by atoms with Gasteiger partial charge in [-0.15, -0.1) is 0 Å². The number of fused-ring (bicyclic) bond motifs is 3. The summed E-state index contributed by atoms with van der Waals surface area (Å²) in [7, 11) is 0. The molecule has 188 valence electrons. The highest BCUT2D eigenvalue weighted by atomic mass is 19.2. The average Bonchev–Trinajstić information content (AvgIpc) is 3.37. The molecule has 11 heteroatoms. The van der Waals surface area contributed by atoms with Crippen LogP contribution in [-0.4, -0.2) is 37.3 Å². The molecule has 1 aliphatic rings. The summed E-state index contributed by atoms with van der Waals surface area (Å²) in [5.41, 5.74) is 1.98. The number of aryl methyl sites for hydroxylation is 1. The van der Waals surface area contributed by atoms with E-state index in [0.29, 0.717) is 34.7 Å². The zero-order chi connectivity index (χ0) is 25.8. The highest BCUT2D eigenvalue weighted by Gasteiger charge is 2.36. The fourth-order valence-electron chi connectivity index (χ4n) is 4.54. The van der Waals surface area contributed by atoms with E-state index < -0.39 is 41.1 Å². The molecular formula is C25H24F3N5O3. The van der Waals surface area contributed by atoms with Crippen molar-refractivity contribution in [2.24, 2.45) is 0 Å². The Hall–Kier alpha value is -3.89. The SMILES string of the molecule is Cc1nc(-c2ccn3c4c(nc3c2)C[C@H](c2cc(F)c(F)cc2F)[C@@H](NC(=O)OC(C)(C)C)C4)no1. The number of nitrogens with zero attached hydrogens (tertiary/aromatic N) is 4. The van der Waals surface area contributed by atoms with Gasteiger partial charge in [0.15, 0.2) is 11.6 Å². The van der Waals surface area contributed by atoms with Crippen molar-refractivity contribution < 1.29 is 27.2 Å². The first-order valence-corrected chi connectivity index (χ1v) is 11.4. The van der Waals surface area contributed by atoms with E-state index in [1.807, 2.05) is 16.7 Å². The second kappa shape index (κ2) is 8.65. The summed E-state index contributed by atoms with van der Waals surface area (Å²) in [5, 5.41) is 6.74. The van der Waals surface area contributed by atoms with Gasteiger partial charge in [-0.25, -0.2) is 22.9 Å². The topological polar surface area (TPSA) is 94.5 Å². The fourth-order valence-corrected chi connectivity index (χ4v) is 4.54. The number of benzene rings is 1. The van der Waals surface area contributed by atoms with E-state index in [0.717, 1.165) is 11.8 Å². The predicted octanol–water partition coefficient (Wildman–Crippen LogP) is 4.89. The van der Waals surface area contributed by atoms with E-state index in [9.17, 15) is 18.0 Å². The van der Waals surface area contributed by atoms with E-state index >= 15 is 0 Å². The quantitative estimate of drug-likeness (QED) is 0.404. The van der Waals surface area contributed by atoms with Crippen LogP contribution in [0.1, 0.15) is 49.5 Å². The molecule has 5 rings (SSSR count). The first-order chi connectivity index (χ1) is 17.0. The zero-order valence-electron chi connectivity index (χ0n) is 20.1. The Labute approximate surface area is 204 Å². The van der Waals surface area contributed by atoms with Crippen molar-refractivity contribution >= 4 is 11.7 Å². The number of pyridine rings is 1. The number of hydrogen-bond acceptors (Lipinski definition) is 6. The molecule has 36 heavy (non-hydrogen) atoms. The molecule has 2 atom stereocenters. The van der Waals surface area contributed by atoms with E-state index in [2.05, 4.69) is 15.5 Å². The minimum atomic E-state index is -1.28. The zero-order valence-corrected chi connectivity index (χ0v) is 20.1. The monoisotopic (exact) mass is 499 g/mol. The normalized spacial score (nSPS) is 17.8. The van der Waals surface area contributed by atoms with Gasteiger partial charge in [-0.2, -0.15) is 4.98 Å². The van der Waals surface area contributed by atoms with E-state index in [4.69, 9.17) is 14.2 Å². The molecule has 0 aliphatic heterocycles. The lowest BCUT2D eigenvalue weighted by molar-refractivity contribution is 0.0493. The molecule has 8 nitrogen and oxygen atoms in total. The van der Waals surface area contributed by atoms with Crippen LogP contribution >= 0.6 is 0 Å². The van der Waals surface area contributed by atoms with Crippen molar-refractivity contribution in [2.45, 2.75) is 58.1 Å². The Balaban J connectivity index is 1.55. The molecule has 0 fully saturated rings. The van der Waals surface area contributed by atoms with Crippen LogP contribution in [0.4, 0.5) is 18.0 Å². The van der Waals surface area contributed by atoms with Gasteiger partial charge < -0.3 is 19.0 Å². The summed E-state index contributed by atoms with van der Waals surface area (Å²) >= 11 is 0. The third-order valence-corrected chi connectivity index (χ3v) is 6.05. The number of carbonyl (C=O) groups is 1. The second-order valence-corrected chi connectivity index (χ2v) is 9.84. The second-order valence-electron chi connectivity index (χ2n) is 9.84. The maximum Gasteiger partial charge on any atom is 0.407 e. The summed E-state index contributed by atoms with van der Waals surface area (Å²) in [4.78, 5) is 21.6. The van der Waals surface area contributed by atoms with Crippen LogP contribution in [0, 0.1) is 24.4 Å². The van der Waals surface area contributed by atoms with Crippen molar-refractivity contribution in [3.8, 4) is 11.4 Å². The number of amides is 1. The molecule has 0 spiro atoms. The molecule has 3 heterocycles. The molecule has 0 unspecified atom stereocenters. The molecule has 0 bridgehead atoms. The van der Waals surface area contributed by atoms with Crippen LogP contribution in [0.25, 0.3) is 17.0 Å². The third-order valence-electron chi connectivity index (χ3n) is 6.05. The molecule has 3 aromatic heterocycles. The van der Waals surface area contributed by atoms with Gasteiger partial charge in [-0.1, -0.05) is 5.16 Å². The molecule has 1 aliphatic carbocycles. The molecule has 1 aromatic carbocycles. The summed E-state index contributed by atoms with van der Waals surface area (Å²) in [6, 6.07) is 4.32. The number of nitrogens with one attached hydrogen (secondary N) is 1. The van der Waals surface area contributed by atoms with E-state index in [1.54, 1.807) is 33.8 Å². The Bertz CT molecular complexity index is 1470. The van der Waals surface area contributed by atoms with Crippen molar-refractivity contribution in [1.29, 1.82) is 0 Å². The van der Waals surface area contributed by atoms with Crippen LogP contribution in [-0.2, 0) is 17.6 Å². The number of rotatable bonds is 3. The first kappa shape index (κ1) is 23.8. The molecule has 0 saturated carbocycles.